The largest absolute Gasteiger partial charge is 0.445 e. The van der Waals surface area contributed by atoms with Gasteiger partial charge in [0.25, 0.3) is 0 Å². The molecule has 0 spiro atoms. The molecule has 1 atom stereocenters. The highest BCUT2D eigenvalue weighted by Gasteiger charge is 2.29. The molecule has 1 unspecified atom stereocenters. The molecule has 120 valence electrons. The first-order chi connectivity index (χ1) is 11.2. The zero-order valence-corrected chi connectivity index (χ0v) is 14.5. The Hall–Kier alpha value is -1.81. The summed E-state index contributed by atoms with van der Waals surface area (Å²) in [6, 6.07) is 18.1. The van der Waals surface area contributed by atoms with Crippen molar-refractivity contribution in [1.29, 1.82) is 0 Å². The molecular weight excluding hydrogens is 354 g/mol. The number of piperidine rings is 1. The summed E-state index contributed by atoms with van der Waals surface area (Å²) in [6.45, 7) is 1.08. The predicted octanol–water partition coefficient (Wildman–Crippen LogP) is 5.31. The van der Waals surface area contributed by atoms with Crippen LogP contribution in [0.25, 0.3) is 0 Å². The fourth-order valence-corrected chi connectivity index (χ4v) is 3.25. The number of carbonyl (C=O) groups excluding carboxylic acids is 1. The molecule has 0 bridgehead atoms. The number of halogens is 1. The number of likely N-dealkylation sites (tertiary alicyclic amines) is 1. The van der Waals surface area contributed by atoms with E-state index < -0.39 is 0 Å². The first-order valence-electron chi connectivity index (χ1n) is 7.97. The van der Waals surface area contributed by atoms with Crippen LogP contribution in [0.2, 0.25) is 0 Å². The second kappa shape index (κ2) is 7.64. The van der Waals surface area contributed by atoms with Crippen LogP contribution in [-0.2, 0) is 11.3 Å². The zero-order valence-electron chi connectivity index (χ0n) is 13.0. The molecule has 1 saturated heterocycles. The summed E-state index contributed by atoms with van der Waals surface area (Å²) in [7, 11) is 0. The molecule has 0 saturated carbocycles. The Bertz CT molecular complexity index is 642. The first kappa shape index (κ1) is 16.1. The summed E-state index contributed by atoms with van der Waals surface area (Å²) in [5, 5.41) is 0. The maximum Gasteiger partial charge on any atom is 0.410 e. The molecule has 4 heteroatoms. The molecule has 3 rings (SSSR count). The Morgan fingerprint density at radius 2 is 1.83 bits per heavy atom. The minimum Gasteiger partial charge on any atom is -0.445 e. The zero-order chi connectivity index (χ0) is 16.1. The van der Waals surface area contributed by atoms with Crippen LogP contribution in [0.15, 0.2) is 59.1 Å². The molecule has 23 heavy (non-hydrogen) atoms. The van der Waals surface area contributed by atoms with E-state index in [0.29, 0.717) is 6.61 Å². The van der Waals surface area contributed by atoms with Crippen molar-refractivity contribution in [3.05, 3.63) is 70.2 Å². The van der Waals surface area contributed by atoms with Crippen molar-refractivity contribution in [2.24, 2.45) is 0 Å². The highest BCUT2D eigenvalue weighted by molar-refractivity contribution is 9.10. The second-order valence-electron chi connectivity index (χ2n) is 5.80. The predicted molar refractivity (Wildman–Crippen MR) is 94.1 cm³/mol. The van der Waals surface area contributed by atoms with Crippen molar-refractivity contribution in [3.63, 3.8) is 0 Å². The summed E-state index contributed by atoms with van der Waals surface area (Å²) in [4.78, 5) is 14.4. The molecule has 0 aliphatic carbocycles. The van der Waals surface area contributed by atoms with Crippen LogP contribution in [0.3, 0.4) is 0 Å². The lowest BCUT2D eigenvalue weighted by Gasteiger charge is -2.35. The van der Waals surface area contributed by atoms with Gasteiger partial charge in [-0.2, -0.15) is 0 Å². The molecule has 2 aromatic carbocycles. The van der Waals surface area contributed by atoms with Gasteiger partial charge in [-0.05, 0) is 42.5 Å². The van der Waals surface area contributed by atoms with Crippen LogP contribution in [-0.4, -0.2) is 17.5 Å². The fourth-order valence-electron chi connectivity index (χ4n) is 2.98. The van der Waals surface area contributed by atoms with Crippen molar-refractivity contribution < 1.29 is 9.53 Å². The summed E-state index contributed by atoms with van der Waals surface area (Å²) in [5.74, 6) is 0. The van der Waals surface area contributed by atoms with Gasteiger partial charge in [0.05, 0.1) is 6.04 Å². The van der Waals surface area contributed by atoms with Gasteiger partial charge in [-0.1, -0.05) is 58.4 Å². The summed E-state index contributed by atoms with van der Waals surface area (Å²) in [6.07, 6.45) is 2.94. The van der Waals surface area contributed by atoms with Gasteiger partial charge in [0.15, 0.2) is 0 Å². The minimum atomic E-state index is -0.221. The Morgan fingerprint density at radius 3 is 2.57 bits per heavy atom. The Balaban J connectivity index is 1.68. The van der Waals surface area contributed by atoms with Gasteiger partial charge in [0.2, 0.25) is 0 Å². The molecule has 1 amide bonds. The average Bonchev–Trinajstić information content (AvgIpc) is 2.61. The summed E-state index contributed by atoms with van der Waals surface area (Å²) in [5.41, 5.74) is 2.18. The Kier molecular flexibility index (Phi) is 5.34. The van der Waals surface area contributed by atoms with Gasteiger partial charge >= 0.3 is 6.09 Å². The molecule has 0 aromatic heterocycles. The lowest BCUT2D eigenvalue weighted by atomic mass is 9.96. The summed E-state index contributed by atoms with van der Waals surface area (Å²) >= 11 is 3.46. The van der Waals surface area contributed by atoms with Gasteiger partial charge in [-0.3, -0.25) is 0 Å². The number of hydrogen-bond donors (Lipinski definition) is 0. The number of carbonyl (C=O) groups is 1. The molecule has 3 nitrogen and oxygen atoms in total. The number of hydrogen-bond acceptors (Lipinski definition) is 2. The number of amides is 1. The topological polar surface area (TPSA) is 29.5 Å². The number of nitrogens with zero attached hydrogens (tertiary/aromatic N) is 1. The van der Waals surface area contributed by atoms with Crippen LogP contribution in [0.1, 0.15) is 36.4 Å². The number of benzene rings is 2. The van der Waals surface area contributed by atoms with Gasteiger partial charge in [-0.25, -0.2) is 4.79 Å². The van der Waals surface area contributed by atoms with E-state index in [0.717, 1.165) is 35.8 Å². The van der Waals surface area contributed by atoms with Gasteiger partial charge < -0.3 is 9.64 Å². The summed E-state index contributed by atoms with van der Waals surface area (Å²) < 4.78 is 6.57. The highest BCUT2D eigenvalue weighted by atomic mass is 79.9. The van der Waals surface area contributed by atoms with E-state index in [4.69, 9.17) is 4.74 Å². The average molecular weight is 374 g/mol. The van der Waals surface area contributed by atoms with Gasteiger partial charge in [0, 0.05) is 11.0 Å². The van der Waals surface area contributed by atoms with Crippen LogP contribution >= 0.6 is 15.9 Å². The molecule has 1 aliphatic heterocycles. The SMILES string of the molecule is O=C(OCc1ccccc1)N1CCCCC1c1ccc(Br)cc1. The van der Waals surface area contributed by atoms with E-state index in [1.165, 1.54) is 5.56 Å². The van der Waals surface area contributed by atoms with Gasteiger partial charge in [-0.15, -0.1) is 0 Å². The third-order valence-electron chi connectivity index (χ3n) is 4.20. The highest BCUT2D eigenvalue weighted by Crippen LogP contribution is 2.32. The van der Waals surface area contributed by atoms with E-state index in [9.17, 15) is 4.79 Å². The lowest BCUT2D eigenvalue weighted by molar-refractivity contribution is 0.0679. The van der Waals surface area contributed by atoms with Crippen LogP contribution in [0.4, 0.5) is 4.79 Å². The molecule has 2 aromatic rings. The van der Waals surface area contributed by atoms with Crippen LogP contribution < -0.4 is 0 Å². The first-order valence-corrected chi connectivity index (χ1v) is 8.76. The Labute approximate surface area is 145 Å². The van der Waals surface area contributed by atoms with E-state index >= 15 is 0 Å². The molecule has 1 fully saturated rings. The van der Waals surface area contributed by atoms with Crippen LogP contribution in [0.5, 0.6) is 0 Å². The minimum absolute atomic E-state index is 0.111. The molecule has 1 heterocycles. The van der Waals surface area contributed by atoms with Gasteiger partial charge in [0.1, 0.15) is 6.61 Å². The second-order valence-corrected chi connectivity index (χ2v) is 6.71. The van der Waals surface area contributed by atoms with E-state index in [-0.39, 0.29) is 12.1 Å². The molecule has 0 radical (unpaired) electrons. The van der Waals surface area contributed by atoms with Crippen molar-refractivity contribution >= 4 is 22.0 Å². The maximum atomic E-state index is 12.5. The van der Waals surface area contributed by atoms with Crippen molar-refractivity contribution in [3.8, 4) is 0 Å². The van der Waals surface area contributed by atoms with Crippen molar-refractivity contribution in [2.45, 2.75) is 31.9 Å². The van der Waals surface area contributed by atoms with Crippen LogP contribution in [0, 0.1) is 0 Å². The number of rotatable bonds is 3. The van der Waals surface area contributed by atoms with Crippen molar-refractivity contribution in [2.75, 3.05) is 6.54 Å². The van der Waals surface area contributed by atoms with E-state index in [1.807, 2.05) is 47.4 Å². The monoisotopic (exact) mass is 373 g/mol. The normalized spacial score (nSPS) is 17.8. The fraction of sp³-hybridized carbons (Fsp3) is 0.316. The number of ether oxygens (including phenoxy) is 1. The third-order valence-corrected chi connectivity index (χ3v) is 4.73. The molecule has 1 aliphatic rings. The third kappa shape index (κ3) is 4.14. The van der Waals surface area contributed by atoms with E-state index in [1.54, 1.807) is 0 Å². The molecule has 0 N–H and O–H groups in total. The van der Waals surface area contributed by atoms with Crippen molar-refractivity contribution in [1.82, 2.24) is 4.90 Å². The smallest absolute Gasteiger partial charge is 0.410 e. The molecular formula is C19H20BrNO2. The quantitative estimate of drug-likeness (QED) is 0.728. The Morgan fingerprint density at radius 1 is 1.09 bits per heavy atom. The van der Waals surface area contributed by atoms with E-state index in [2.05, 4.69) is 28.1 Å². The maximum absolute atomic E-state index is 12.5. The lowest BCUT2D eigenvalue weighted by Crippen LogP contribution is -2.38. The standard InChI is InChI=1S/C19H20BrNO2/c20-17-11-9-16(10-12-17)18-8-4-5-13-21(18)19(22)23-14-15-6-2-1-3-7-15/h1-3,6-7,9-12,18H,4-5,8,13-14H2.